The molecule has 1 rings (SSSR count). The maximum Gasteiger partial charge on any atom is 0.309 e. The van der Waals surface area contributed by atoms with E-state index in [2.05, 4.69) is 11.7 Å². The van der Waals surface area contributed by atoms with Crippen molar-refractivity contribution < 1.29 is 9.53 Å². The first-order valence-electron chi connectivity index (χ1n) is 2.80. The Bertz CT molecular complexity index is 98.7. The Morgan fingerprint density at radius 3 is 2.88 bits per heavy atom. The molecule has 2 heteroatoms. The third-order valence-corrected chi connectivity index (χ3v) is 1.39. The van der Waals surface area contributed by atoms with Gasteiger partial charge in [0.15, 0.2) is 0 Å². The molecule has 0 aromatic rings. The zero-order valence-electron chi connectivity index (χ0n) is 4.72. The van der Waals surface area contributed by atoms with Crippen LogP contribution in [0.2, 0.25) is 0 Å². The van der Waals surface area contributed by atoms with Crippen LogP contribution in [0.15, 0.2) is 0 Å². The lowest BCUT2D eigenvalue weighted by molar-refractivity contribution is -0.141. The summed E-state index contributed by atoms with van der Waals surface area (Å²) in [5.41, 5.74) is 0. The van der Waals surface area contributed by atoms with Gasteiger partial charge in [-0.25, -0.2) is 0 Å². The monoisotopic (exact) mass is 113 g/mol. The smallest absolute Gasteiger partial charge is 0.309 e. The first kappa shape index (κ1) is 5.60. The summed E-state index contributed by atoms with van der Waals surface area (Å²) >= 11 is 0. The molecule has 0 spiro atoms. The highest BCUT2D eigenvalue weighted by Crippen LogP contribution is 2.16. The van der Waals surface area contributed by atoms with E-state index in [0.29, 0.717) is 13.0 Å². The topological polar surface area (TPSA) is 26.3 Å². The number of hydrogen-bond acceptors (Lipinski definition) is 2. The number of carbonyl (C=O) groups is 1. The lowest BCUT2D eigenvalue weighted by Crippen LogP contribution is -2.04. The number of esters is 1. The van der Waals surface area contributed by atoms with Crippen molar-refractivity contribution in [2.75, 3.05) is 6.61 Å². The van der Waals surface area contributed by atoms with Crippen LogP contribution in [-0.2, 0) is 9.53 Å². The molecule has 1 aliphatic rings. The fraction of sp³-hybridized carbons (Fsp3) is 0.667. The van der Waals surface area contributed by atoms with E-state index in [-0.39, 0.29) is 11.9 Å². The van der Waals surface area contributed by atoms with Crippen LogP contribution in [-0.4, -0.2) is 12.6 Å². The van der Waals surface area contributed by atoms with Gasteiger partial charge in [-0.3, -0.25) is 4.79 Å². The number of carbonyl (C=O) groups excluding carboxylic acids is 1. The van der Waals surface area contributed by atoms with Gasteiger partial charge in [0, 0.05) is 0 Å². The molecule has 1 heterocycles. The molecule has 1 radical (unpaired) electrons. The van der Waals surface area contributed by atoms with E-state index in [4.69, 9.17) is 0 Å². The van der Waals surface area contributed by atoms with E-state index in [1.807, 2.05) is 0 Å². The Morgan fingerprint density at radius 1 is 1.88 bits per heavy atom. The van der Waals surface area contributed by atoms with Gasteiger partial charge in [-0.1, -0.05) is 6.92 Å². The molecule has 1 fully saturated rings. The highest BCUT2D eigenvalue weighted by molar-refractivity contribution is 5.74. The molecule has 1 unspecified atom stereocenters. The third kappa shape index (κ3) is 0.831. The van der Waals surface area contributed by atoms with Crippen molar-refractivity contribution in [3.8, 4) is 0 Å². The van der Waals surface area contributed by atoms with Crippen molar-refractivity contribution in [1.29, 1.82) is 0 Å². The molecule has 0 aromatic carbocycles. The van der Waals surface area contributed by atoms with E-state index in [9.17, 15) is 4.79 Å². The van der Waals surface area contributed by atoms with Crippen LogP contribution in [0, 0.1) is 12.8 Å². The lowest BCUT2D eigenvalue weighted by atomic mass is 10.1. The van der Waals surface area contributed by atoms with Gasteiger partial charge in [0.1, 0.15) is 0 Å². The van der Waals surface area contributed by atoms with Crippen LogP contribution < -0.4 is 0 Å². The van der Waals surface area contributed by atoms with Crippen molar-refractivity contribution in [2.24, 2.45) is 5.92 Å². The summed E-state index contributed by atoms with van der Waals surface area (Å²) in [4.78, 5) is 10.5. The van der Waals surface area contributed by atoms with Gasteiger partial charge in [0.25, 0.3) is 0 Å². The van der Waals surface area contributed by atoms with Gasteiger partial charge in [0.05, 0.1) is 12.5 Å². The molecular formula is C6H9O2. The summed E-state index contributed by atoms with van der Waals surface area (Å²) in [6.07, 6.45) is 1.54. The van der Waals surface area contributed by atoms with Crippen LogP contribution in [0.25, 0.3) is 0 Å². The van der Waals surface area contributed by atoms with Gasteiger partial charge in [0.2, 0.25) is 0 Å². The minimum Gasteiger partial charge on any atom is -0.465 e. The summed E-state index contributed by atoms with van der Waals surface area (Å²) in [6, 6.07) is 0. The van der Waals surface area contributed by atoms with Gasteiger partial charge in [-0.2, -0.15) is 0 Å². The number of rotatable bonds is 1. The van der Waals surface area contributed by atoms with E-state index >= 15 is 0 Å². The predicted octanol–water partition coefficient (Wildman–Crippen LogP) is 0.774. The van der Waals surface area contributed by atoms with Gasteiger partial charge in [-0.15, -0.1) is 0 Å². The molecule has 1 saturated heterocycles. The fourth-order valence-electron chi connectivity index (χ4n) is 0.800. The number of ether oxygens (including phenoxy) is 1. The van der Waals surface area contributed by atoms with Crippen molar-refractivity contribution >= 4 is 5.97 Å². The molecule has 1 aliphatic heterocycles. The first-order chi connectivity index (χ1) is 3.84. The molecule has 0 amide bonds. The molecule has 2 nitrogen and oxygen atoms in total. The van der Waals surface area contributed by atoms with Gasteiger partial charge in [-0.05, 0) is 12.8 Å². The van der Waals surface area contributed by atoms with Crippen LogP contribution in [0.4, 0.5) is 0 Å². The van der Waals surface area contributed by atoms with Crippen LogP contribution >= 0.6 is 0 Å². The zero-order valence-corrected chi connectivity index (χ0v) is 4.72. The van der Waals surface area contributed by atoms with Gasteiger partial charge >= 0.3 is 5.97 Å². The zero-order chi connectivity index (χ0) is 5.98. The van der Waals surface area contributed by atoms with E-state index in [1.165, 1.54) is 0 Å². The van der Waals surface area contributed by atoms with E-state index < -0.39 is 0 Å². The van der Waals surface area contributed by atoms with Crippen LogP contribution in [0.5, 0.6) is 0 Å². The minimum atomic E-state index is -0.0694. The molecular weight excluding hydrogens is 104 g/mol. The van der Waals surface area contributed by atoms with Crippen LogP contribution in [0.1, 0.15) is 12.8 Å². The largest absolute Gasteiger partial charge is 0.465 e. The van der Waals surface area contributed by atoms with E-state index in [0.717, 1.165) is 6.42 Å². The average molecular weight is 113 g/mol. The summed E-state index contributed by atoms with van der Waals surface area (Å²) in [6.45, 7) is 4.21. The van der Waals surface area contributed by atoms with Crippen molar-refractivity contribution in [3.63, 3.8) is 0 Å². The molecule has 0 bridgehead atoms. The van der Waals surface area contributed by atoms with Crippen LogP contribution in [0.3, 0.4) is 0 Å². The third-order valence-electron chi connectivity index (χ3n) is 1.39. The lowest BCUT2D eigenvalue weighted by Gasteiger charge is -1.95. The molecule has 0 N–H and O–H groups in total. The first-order valence-corrected chi connectivity index (χ1v) is 2.80. The second-order valence-corrected chi connectivity index (χ2v) is 1.94. The minimum absolute atomic E-state index is 0.0694. The molecule has 0 aliphatic carbocycles. The standard InChI is InChI=1S/C6H9O2/c1-2-5-3-4-8-6(5)7/h5H,1-4H2. The highest BCUT2D eigenvalue weighted by Gasteiger charge is 2.23. The summed E-state index contributed by atoms with van der Waals surface area (Å²) in [5.74, 6) is 0.0231. The second kappa shape index (κ2) is 2.16. The molecule has 8 heavy (non-hydrogen) atoms. The summed E-state index contributed by atoms with van der Waals surface area (Å²) < 4.78 is 4.68. The molecule has 0 aromatic heterocycles. The Hall–Kier alpha value is -0.530. The number of hydrogen-bond donors (Lipinski definition) is 0. The molecule has 0 saturated carbocycles. The van der Waals surface area contributed by atoms with E-state index in [1.54, 1.807) is 0 Å². The Balaban J connectivity index is 2.42. The van der Waals surface area contributed by atoms with Gasteiger partial charge < -0.3 is 4.74 Å². The van der Waals surface area contributed by atoms with Crippen molar-refractivity contribution in [2.45, 2.75) is 12.8 Å². The Morgan fingerprint density at radius 2 is 2.62 bits per heavy atom. The number of cyclic esters (lactones) is 1. The summed E-state index contributed by atoms with van der Waals surface area (Å²) in [5, 5.41) is 0. The SMILES string of the molecule is [CH2]CC1CCOC1=O. The van der Waals surface area contributed by atoms with Crippen molar-refractivity contribution in [3.05, 3.63) is 6.92 Å². The highest BCUT2D eigenvalue weighted by atomic mass is 16.5. The van der Waals surface area contributed by atoms with Crippen molar-refractivity contribution in [1.82, 2.24) is 0 Å². The fourth-order valence-corrected chi connectivity index (χ4v) is 0.800. The predicted molar refractivity (Wildman–Crippen MR) is 29.0 cm³/mol. The second-order valence-electron chi connectivity index (χ2n) is 1.94. The quantitative estimate of drug-likeness (QED) is 0.469. The normalized spacial score (nSPS) is 28.1. The summed E-state index contributed by atoms with van der Waals surface area (Å²) in [7, 11) is 0. The molecule has 45 valence electrons. The average Bonchev–Trinajstić information content (AvgIpc) is 2.14. The Labute approximate surface area is 48.8 Å². The maximum atomic E-state index is 10.5. The molecule has 1 atom stereocenters. The maximum absolute atomic E-state index is 10.5. The Kier molecular flexibility index (Phi) is 1.51.